The van der Waals surface area contributed by atoms with Crippen molar-refractivity contribution in [2.24, 2.45) is 5.92 Å². The molecule has 1 heterocycles. The first kappa shape index (κ1) is 17.7. The number of nitro benzene ring substituents is 1. The number of urea groups is 1. The second-order valence-corrected chi connectivity index (χ2v) is 5.70. The number of hydrogen-bond acceptors (Lipinski definition) is 5. The van der Waals surface area contributed by atoms with Gasteiger partial charge in [-0.25, -0.2) is 4.79 Å². The Morgan fingerprint density at radius 2 is 2.04 bits per heavy atom. The molecule has 0 atom stereocenters. The molecule has 1 aliphatic rings. The normalized spacial score (nSPS) is 15.0. The predicted molar refractivity (Wildman–Crippen MR) is 87.8 cm³/mol. The van der Waals surface area contributed by atoms with Crippen molar-refractivity contribution in [3.63, 3.8) is 0 Å². The molecule has 1 N–H and O–H groups in total. The predicted octanol–water partition coefficient (Wildman–Crippen LogP) is 2.71. The van der Waals surface area contributed by atoms with E-state index in [0.717, 1.165) is 0 Å². The molecular formula is C16H21N3O5. The summed E-state index contributed by atoms with van der Waals surface area (Å²) in [5.41, 5.74) is 0.881. The first-order valence-electron chi connectivity index (χ1n) is 7.90. The number of nitrogens with zero attached hydrogens (tertiary/aromatic N) is 2. The van der Waals surface area contributed by atoms with Crippen LogP contribution >= 0.6 is 0 Å². The van der Waals surface area contributed by atoms with Crippen molar-refractivity contribution < 1.29 is 19.2 Å². The molecule has 0 saturated carbocycles. The molecule has 0 bridgehead atoms. The minimum Gasteiger partial charge on any atom is -0.466 e. The number of nitro groups is 1. The number of likely N-dealkylation sites (tertiary alicyclic amines) is 1. The molecule has 0 aliphatic carbocycles. The lowest BCUT2D eigenvalue weighted by atomic mass is 9.97. The molecule has 8 heteroatoms. The Morgan fingerprint density at radius 1 is 1.38 bits per heavy atom. The van der Waals surface area contributed by atoms with Gasteiger partial charge in [0, 0.05) is 30.4 Å². The number of carbonyl (C=O) groups is 2. The summed E-state index contributed by atoms with van der Waals surface area (Å²) in [5.74, 6) is -0.388. The Morgan fingerprint density at radius 3 is 2.62 bits per heavy atom. The highest BCUT2D eigenvalue weighted by atomic mass is 16.6. The van der Waals surface area contributed by atoms with Crippen molar-refractivity contribution in [2.75, 3.05) is 25.0 Å². The van der Waals surface area contributed by atoms with Crippen LogP contribution in [0.25, 0.3) is 0 Å². The van der Waals surface area contributed by atoms with Gasteiger partial charge in [0.15, 0.2) is 0 Å². The lowest BCUT2D eigenvalue weighted by Crippen LogP contribution is -2.42. The van der Waals surface area contributed by atoms with Gasteiger partial charge in [-0.05, 0) is 32.8 Å². The van der Waals surface area contributed by atoms with Crippen molar-refractivity contribution in [3.05, 3.63) is 33.9 Å². The van der Waals surface area contributed by atoms with E-state index in [-0.39, 0.29) is 23.6 Å². The average Bonchev–Trinajstić information content (AvgIpc) is 2.56. The number of aryl methyl sites for hydroxylation is 1. The van der Waals surface area contributed by atoms with E-state index in [1.807, 2.05) is 0 Å². The summed E-state index contributed by atoms with van der Waals surface area (Å²) in [6, 6.07) is 4.25. The summed E-state index contributed by atoms with van der Waals surface area (Å²) in [7, 11) is 0. The Balaban J connectivity index is 1.93. The second kappa shape index (κ2) is 7.76. The summed E-state index contributed by atoms with van der Waals surface area (Å²) in [4.78, 5) is 36.0. The fourth-order valence-corrected chi connectivity index (χ4v) is 2.66. The number of nitrogens with one attached hydrogen (secondary N) is 1. The lowest BCUT2D eigenvalue weighted by molar-refractivity contribution is -0.385. The molecule has 1 aromatic carbocycles. The molecule has 8 nitrogen and oxygen atoms in total. The number of hydrogen-bond donors (Lipinski definition) is 1. The fraction of sp³-hybridized carbons (Fsp3) is 0.500. The van der Waals surface area contributed by atoms with E-state index in [4.69, 9.17) is 4.74 Å². The lowest BCUT2D eigenvalue weighted by Gasteiger charge is -2.30. The molecule has 1 saturated heterocycles. The zero-order chi connectivity index (χ0) is 17.7. The van der Waals surface area contributed by atoms with Crippen molar-refractivity contribution in [2.45, 2.75) is 26.7 Å². The maximum absolute atomic E-state index is 12.3. The Bertz CT molecular complexity index is 639. The quantitative estimate of drug-likeness (QED) is 0.518. The Labute approximate surface area is 139 Å². The van der Waals surface area contributed by atoms with E-state index in [0.29, 0.717) is 43.8 Å². The number of amides is 2. The fourth-order valence-electron chi connectivity index (χ4n) is 2.66. The number of ether oxygens (including phenoxy) is 1. The average molecular weight is 335 g/mol. The SMILES string of the molecule is CCOC(=O)C1CCN(C(=O)Nc2ccc(C)c([N+](=O)[O-])c2)CC1. The highest BCUT2D eigenvalue weighted by Crippen LogP contribution is 2.23. The highest BCUT2D eigenvalue weighted by molar-refractivity contribution is 5.90. The maximum atomic E-state index is 12.3. The number of anilines is 1. The van der Waals surface area contributed by atoms with E-state index < -0.39 is 4.92 Å². The minimum absolute atomic E-state index is 0.0335. The standard InChI is InChI=1S/C16H21N3O5/c1-3-24-15(20)12-6-8-18(9-7-12)16(21)17-13-5-4-11(2)14(10-13)19(22)23/h4-5,10,12H,3,6-9H2,1-2H3,(H,17,21). The van der Waals surface area contributed by atoms with Gasteiger partial charge in [-0.2, -0.15) is 0 Å². The molecule has 1 aliphatic heterocycles. The molecule has 0 spiro atoms. The molecule has 2 rings (SSSR count). The van der Waals surface area contributed by atoms with Gasteiger partial charge in [-0.1, -0.05) is 6.07 Å². The van der Waals surface area contributed by atoms with E-state index in [1.54, 1.807) is 30.9 Å². The highest BCUT2D eigenvalue weighted by Gasteiger charge is 2.28. The molecular weight excluding hydrogens is 314 g/mol. The second-order valence-electron chi connectivity index (χ2n) is 5.70. The third kappa shape index (κ3) is 4.21. The van der Waals surface area contributed by atoms with Gasteiger partial charge >= 0.3 is 12.0 Å². The van der Waals surface area contributed by atoms with Crippen LogP contribution in [0.15, 0.2) is 18.2 Å². The maximum Gasteiger partial charge on any atom is 0.321 e. The van der Waals surface area contributed by atoms with Gasteiger partial charge in [0.2, 0.25) is 0 Å². The Hall–Kier alpha value is -2.64. The van der Waals surface area contributed by atoms with Crippen LogP contribution in [0.3, 0.4) is 0 Å². The number of benzene rings is 1. The first-order chi connectivity index (χ1) is 11.4. The molecule has 1 fully saturated rings. The van der Waals surface area contributed by atoms with Crippen molar-refractivity contribution >= 4 is 23.4 Å². The summed E-state index contributed by atoms with van der Waals surface area (Å²) < 4.78 is 5.00. The van der Waals surface area contributed by atoms with Crippen LogP contribution in [-0.4, -0.2) is 41.5 Å². The number of carbonyl (C=O) groups excluding carboxylic acids is 2. The molecule has 2 amide bonds. The Kier molecular flexibility index (Phi) is 5.73. The van der Waals surface area contributed by atoms with Crippen LogP contribution in [0.4, 0.5) is 16.2 Å². The van der Waals surface area contributed by atoms with Gasteiger partial charge in [0.05, 0.1) is 17.4 Å². The zero-order valence-corrected chi connectivity index (χ0v) is 13.8. The van der Waals surface area contributed by atoms with Gasteiger partial charge < -0.3 is 15.0 Å². The summed E-state index contributed by atoms with van der Waals surface area (Å²) in [6.07, 6.45) is 1.11. The monoisotopic (exact) mass is 335 g/mol. The van der Waals surface area contributed by atoms with Gasteiger partial charge in [0.1, 0.15) is 0 Å². The largest absolute Gasteiger partial charge is 0.466 e. The molecule has 0 unspecified atom stereocenters. The van der Waals surface area contributed by atoms with E-state index >= 15 is 0 Å². The van der Waals surface area contributed by atoms with Crippen LogP contribution in [0.1, 0.15) is 25.3 Å². The summed E-state index contributed by atoms with van der Waals surface area (Å²) >= 11 is 0. The van der Waals surface area contributed by atoms with E-state index in [2.05, 4.69) is 5.32 Å². The topological polar surface area (TPSA) is 102 Å². The van der Waals surface area contributed by atoms with Crippen LogP contribution < -0.4 is 5.32 Å². The minimum atomic E-state index is -0.476. The van der Waals surface area contributed by atoms with Gasteiger partial charge in [0.25, 0.3) is 5.69 Å². The molecule has 0 radical (unpaired) electrons. The van der Waals surface area contributed by atoms with Gasteiger partial charge in [-0.15, -0.1) is 0 Å². The molecule has 0 aromatic heterocycles. The molecule has 24 heavy (non-hydrogen) atoms. The van der Waals surface area contributed by atoms with Crippen LogP contribution in [-0.2, 0) is 9.53 Å². The third-order valence-corrected chi connectivity index (χ3v) is 4.06. The van der Waals surface area contributed by atoms with Crippen molar-refractivity contribution in [1.29, 1.82) is 0 Å². The molecule has 1 aromatic rings. The van der Waals surface area contributed by atoms with Crippen molar-refractivity contribution in [3.8, 4) is 0 Å². The van der Waals surface area contributed by atoms with E-state index in [9.17, 15) is 19.7 Å². The molecule has 130 valence electrons. The summed E-state index contributed by atoms with van der Waals surface area (Å²) in [5, 5.41) is 13.6. The zero-order valence-electron chi connectivity index (χ0n) is 13.8. The summed E-state index contributed by atoms with van der Waals surface area (Å²) in [6.45, 7) is 4.66. The van der Waals surface area contributed by atoms with Crippen LogP contribution in [0.2, 0.25) is 0 Å². The number of rotatable bonds is 4. The number of piperidine rings is 1. The first-order valence-corrected chi connectivity index (χ1v) is 7.90. The van der Waals surface area contributed by atoms with E-state index in [1.165, 1.54) is 6.07 Å². The van der Waals surface area contributed by atoms with Crippen LogP contribution in [0, 0.1) is 23.0 Å². The van der Waals surface area contributed by atoms with Crippen LogP contribution in [0.5, 0.6) is 0 Å². The van der Waals surface area contributed by atoms with Crippen molar-refractivity contribution in [1.82, 2.24) is 4.90 Å². The number of esters is 1. The smallest absolute Gasteiger partial charge is 0.321 e. The van der Waals surface area contributed by atoms with Gasteiger partial charge in [-0.3, -0.25) is 14.9 Å². The third-order valence-electron chi connectivity index (χ3n) is 4.06.